The molecule has 0 radical (unpaired) electrons. The minimum atomic E-state index is -4.44. The lowest BCUT2D eigenvalue weighted by molar-refractivity contribution is -0.147. The highest BCUT2D eigenvalue weighted by Gasteiger charge is 2.38. The van der Waals surface area contributed by atoms with Crippen molar-refractivity contribution in [3.8, 4) is 0 Å². The molecule has 0 saturated heterocycles. The van der Waals surface area contributed by atoms with Gasteiger partial charge in [0.2, 0.25) is 5.82 Å². The molecule has 0 atom stereocenters. The van der Waals surface area contributed by atoms with Crippen LogP contribution in [-0.4, -0.2) is 14.8 Å². The van der Waals surface area contributed by atoms with Gasteiger partial charge in [0.25, 0.3) is 0 Å². The molecule has 14 heavy (non-hydrogen) atoms. The van der Waals surface area contributed by atoms with Gasteiger partial charge in [-0.25, -0.2) is 0 Å². The van der Waals surface area contributed by atoms with Gasteiger partial charge in [-0.3, -0.25) is 0 Å². The smallest absolute Gasteiger partial charge is 0.310 e. The molecular formula is C8H12F3N3. The molecule has 0 aliphatic carbocycles. The largest absolute Gasteiger partial charge is 0.451 e. The molecule has 0 aliphatic rings. The fraction of sp³-hybridized carbons (Fsp3) is 0.750. The van der Waals surface area contributed by atoms with Gasteiger partial charge in [-0.2, -0.15) is 13.2 Å². The standard InChI is InChI=1S/C8H12F3N3/c1-7(2,3)5-12-13-6(14(5)4)8(9,10)11/h1-4H3. The van der Waals surface area contributed by atoms with Gasteiger partial charge < -0.3 is 4.57 Å². The van der Waals surface area contributed by atoms with Gasteiger partial charge in [-0.05, 0) is 0 Å². The maximum atomic E-state index is 12.3. The molecule has 6 heteroatoms. The van der Waals surface area contributed by atoms with Gasteiger partial charge in [-0.15, -0.1) is 10.2 Å². The van der Waals surface area contributed by atoms with Crippen molar-refractivity contribution in [1.82, 2.24) is 14.8 Å². The van der Waals surface area contributed by atoms with Crippen LogP contribution in [0.3, 0.4) is 0 Å². The lowest BCUT2D eigenvalue weighted by Gasteiger charge is -2.17. The SMILES string of the molecule is Cn1c(C(C)(C)C)nnc1C(F)(F)F. The molecule has 0 N–H and O–H groups in total. The summed E-state index contributed by atoms with van der Waals surface area (Å²) in [6, 6.07) is 0. The zero-order chi connectivity index (χ0) is 11.1. The summed E-state index contributed by atoms with van der Waals surface area (Å²) in [6.45, 7) is 5.37. The van der Waals surface area contributed by atoms with E-state index in [4.69, 9.17) is 0 Å². The van der Waals surface area contributed by atoms with E-state index in [2.05, 4.69) is 10.2 Å². The highest BCUT2D eigenvalue weighted by molar-refractivity contribution is 5.06. The van der Waals surface area contributed by atoms with E-state index >= 15 is 0 Å². The fourth-order valence-corrected chi connectivity index (χ4v) is 1.23. The average Bonchev–Trinajstić information content (AvgIpc) is 2.26. The molecule has 0 amide bonds. The summed E-state index contributed by atoms with van der Waals surface area (Å²) in [6.07, 6.45) is -4.44. The van der Waals surface area contributed by atoms with E-state index in [-0.39, 0.29) is 0 Å². The van der Waals surface area contributed by atoms with Gasteiger partial charge in [0, 0.05) is 12.5 Å². The van der Waals surface area contributed by atoms with Gasteiger partial charge in [-0.1, -0.05) is 20.8 Å². The molecule has 0 saturated carbocycles. The van der Waals surface area contributed by atoms with Crippen LogP contribution in [0.1, 0.15) is 32.4 Å². The molecular weight excluding hydrogens is 195 g/mol. The van der Waals surface area contributed by atoms with E-state index in [0.29, 0.717) is 5.82 Å². The van der Waals surface area contributed by atoms with Crippen LogP contribution in [-0.2, 0) is 18.6 Å². The van der Waals surface area contributed by atoms with E-state index < -0.39 is 17.4 Å². The summed E-state index contributed by atoms with van der Waals surface area (Å²) in [5.74, 6) is -0.632. The third-order valence-electron chi connectivity index (χ3n) is 1.80. The maximum absolute atomic E-state index is 12.3. The number of hydrogen-bond acceptors (Lipinski definition) is 2. The average molecular weight is 207 g/mol. The maximum Gasteiger partial charge on any atom is 0.451 e. The van der Waals surface area contributed by atoms with E-state index in [9.17, 15) is 13.2 Å². The summed E-state index contributed by atoms with van der Waals surface area (Å²) >= 11 is 0. The van der Waals surface area contributed by atoms with Crippen LogP contribution in [0.2, 0.25) is 0 Å². The second kappa shape index (κ2) is 2.96. The molecule has 1 aromatic heterocycles. The van der Waals surface area contributed by atoms with Crippen LogP contribution in [0.5, 0.6) is 0 Å². The normalized spacial score (nSPS) is 13.4. The summed E-state index contributed by atoms with van der Waals surface area (Å²) in [5.41, 5.74) is -0.439. The van der Waals surface area contributed by atoms with Crippen molar-refractivity contribution in [2.75, 3.05) is 0 Å². The number of aromatic nitrogens is 3. The zero-order valence-corrected chi connectivity index (χ0v) is 8.48. The van der Waals surface area contributed by atoms with E-state index in [0.717, 1.165) is 4.57 Å². The number of nitrogens with zero attached hydrogens (tertiary/aromatic N) is 3. The molecule has 1 rings (SSSR count). The van der Waals surface area contributed by atoms with Crippen molar-refractivity contribution in [2.24, 2.45) is 7.05 Å². The molecule has 0 unspecified atom stereocenters. The van der Waals surface area contributed by atoms with Crippen molar-refractivity contribution in [1.29, 1.82) is 0 Å². The molecule has 3 nitrogen and oxygen atoms in total. The molecule has 0 spiro atoms. The number of alkyl halides is 3. The Labute approximate surface area is 79.9 Å². The van der Waals surface area contributed by atoms with Crippen LogP contribution in [0, 0.1) is 0 Å². The van der Waals surface area contributed by atoms with Crippen molar-refractivity contribution >= 4 is 0 Å². The minimum absolute atomic E-state index is 0.324. The molecule has 0 aliphatic heterocycles. The van der Waals surface area contributed by atoms with Gasteiger partial charge in [0.05, 0.1) is 0 Å². The Kier molecular flexibility index (Phi) is 2.33. The lowest BCUT2D eigenvalue weighted by Crippen LogP contribution is -2.20. The highest BCUT2D eigenvalue weighted by Crippen LogP contribution is 2.30. The second-order valence-corrected chi connectivity index (χ2v) is 4.15. The van der Waals surface area contributed by atoms with Gasteiger partial charge >= 0.3 is 6.18 Å². The molecule has 80 valence electrons. The van der Waals surface area contributed by atoms with E-state index in [1.165, 1.54) is 7.05 Å². The van der Waals surface area contributed by atoms with E-state index in [1.807, 2.05) is 0 Å². The first-order valence-corrected chi connectivity index (χ1v) is 4.11. The van der Waals surface area contributed by atoms with Crippen molar-refractivity contribution in [3.63, 3.8) is 0 Å². The summed E-state index contributed by atoms with van der Waals surface area (Å²) in [5, 5.41) is 6.69. The molecule has 0 bridgehead atoms. The van der Waals surface area contributed by atoms with Crippen LogP contribution in [0.25, 0.3) is 0 Å². The Morgan fingerprint density at radius 2 is 1.43 bits per heavy atom. The quantitative estimate of drug-likeness (QED) is 0.652. The number of rotatable bonds is 0. The third-order valence-corrected chi connectivity index (χ3v) is 1.80. The topological polar surface area (TPSA) is 30.7 Å². The first-order chi connectivity index (χ1) is 6.14. The van der Waals surface area contributed by atoms with Crippen LogP contribution in [0.4, 0.5) is 13.2 Å². The summed E-state index contributed by atoms with van der Waals surface area (Å²) in [7, 11) is 1.32. The monoisotopic (exact) mass is 207 g/mol. The first-order valence-electron chi connectivity index (χ1n) is 4.11. The fourth-order valence-electron chi connectivity index (χ4n) is 1.23. The van der Waals surface area contributed by atoms with Crippen LogP contribution in [0.15, 0.2) is 0 Å². The van der Waals surface area contributed by atoms with Crippen LogP contribution < -0.4 is 0 Å². The number of hydrogen-bond donors (Lipinski definition) is 0. The molecule has 0 aromatic carbocycles. The Balaban J connectivity index is 3.23. The van der Waals surface area contributed by atoms with Crippen molar-refractivity contribution in [3.05, 3.63) is 11.6 Å². The van der Waals surface area contributed by atoms with Crippen molar-refractivity contribution in [2.45, 2.75) is 32.4 Å². The molecule has 0 fully saturated rings. The third kappa shape index (κ3) is 1.88. The Hall–Kier alpha value is -1.07. The zero-order valence-electron chi connectivity index (χ0n) is 8.48. The predicted molar refractivity (Wildman–Crippen MR) is 44.7 cm³/mol. The van der Waals surface area contributed by atoms with Gasteiger partial charge in [0.1, 0.15) is 5.82 Å². The first kappa shape index (κ1) is 11.0. The van der Waals surface area contributed by atoms with Crippen LogP contribution >= 0.6 is 0 Å². The van der Waals surface area contributed by atoms with Crippen molar-refractivity contribution < 1.29 is 13.2 Å². The molecule has 1 heterocycles. The predicted octanol–water partition coefficient (Wildman–Crippen LogP) is 2.13. The second-order valence-electron chi connectivity index (χ2n) is 4.15. The van der Waals surface area contributed by atoms with E-state index in [1.54, 1.807) is 20.8 Å². The van der Waals surface area contributed by atoms with Gasteiger partial charge in [0.15, 0.2) is 0 Å². The highest BCUT2D eigenvalue weighted by atomic mass is 19.4. The lowest BCUT2D eigenvalue weighted by atomic mass is 9.96. The summed E-state index contributed by atoms with van der Waals surface area (Å²) in [4.78, 5) is 0. The summed E-state index contributed by atoms with van der Waals surface area (Å²) < 4.78 is 38.0. The molecule has 1 aromatic rings. The Bertz CT molecular complexity index is 301. The Morgan fingerprint density at radius 3 is 1.64 bits per heavy atom. The minimum Gasteiger partial charge on any atom is -0.310 e. The Morgan fingerprint density at radius 1 is 1.00 bits per heavy atom. The number of halogens is 3.